The molecule has 6 nitrogen and oxygen atoms in total. The zero-order valence-electron chi connectivity index (χ0n) is 16.1. The molecular formula is C19H29N5O. The van der Waals surface area contributed by atoms with Gasteiger partial charge in [0.2, 0.25) is 0 Å². The summed E-state index contributed by atoms with van der Waals surface area (Å²) in [6.07, 6.45) is 4.24. The molecule has 2 rings (SSSR count). The van der Waals surface area contributed by atoms with Gasteiger partial charge in [0.25, 0.3) is 0 Å². The first-order valence-electron chi connectivity index (χ1n) is 8.87. The molecule has 0 fully saturated rings. The fraction of sp³-hybridized carbons (Fsp3) is 0.526. The summed E-state index contributed by atoms with van der Waals surface area (Å²) in [6, 6.07) is 3.95. The SMILES string of the molecule is CCc1nn(C)c(NC(=O)N(C)[C@H](C)Cc2cc(C)ccn2)c1CC. The van der Waals surface area contributed by atoms with E-state index in [0.717, 1.165) is 42.0 Å². The Morgan fingerprint density at radius 1 is 1.36 bits per heavy atom. The van der Waals surface area contributed by atoms with E-state index >= 15 is 0 Å². The molecular weight excluding hydrogens is 314 g/mol. The number of aromatic nitrogens is 3. The van der Waals surface area contributed by atoms with Crippen LogP contribution in [0, 0.1) is 6.92 Å². The van der Waals surface area contributed by atoms with Gasteiger partial charge in [-0.3, -0.25) is 15.0 Å². The molecule has 0 saturated carbocycles. The molecule has 0 saturated heterocycles. The number of nitrogens with zero attached hydrogens (tertiary/aromatic N) is 4. The van der Waals surface area contributed by atoms with Gasteiger partial charge in [0, 0.05) is 44.0 Å². The highest BCUT2D eigenvalue weighted by atomic mass is 16.2. The van der Waals surface area contributed by atoms with Gasteiger partial charge in [-0.05, 0) is 44.4 Å². The van der Waals surface area contributed by atoms with Gasteiger partial charge in [0.15, 0.2) is 0 Å². The summed E-state index contributed by atoms with van der Waals surface area (Å²) in [6.45, 7) is 8.25. The van der Waals surface area contributed by atoms with Crippen LogP contribution in [0.15, 0.2) is 18.3 Å². The summed E-state index contributed by atoms with van der Waals surface area (Å²) in [5.74, 6) is 0.789. The van der Waals surface area contributed by atoms with Gasteiger partial charge in [0.05, 0.1) is 5.69 Å². The van der Waals surface area contributed by atoms with Crippen molar-refractivity contribution in [2.75, 3.05) is 12.4 Å². The van der Waals surface area contributed by atoms with E-state index in [0.29, 0.717) is 0 Å². The number of nitrogens with one attached hydrogen (secondary N) is 1. The van der Waals surface area contributed by atoms with Gasteiger partial charge < -0.3 is 4.90 Å². The molecule has 0 aliphatic rings. The van der Waals surface area contributed by atoms with Crippen LogP contribution >= 0.6 is 0 Å². The van der Waals surface area contributed by atoms with E-state index in [2.05, 4.69) is 35.3 Å². The molecule has 0 spiro atoms. The number of carbonyl (C=O) groups is 1. The van der Waals surface area contributed by atoms with Gasteiger partial charge in [-0.15, -0.1) is 0 Å². The third kappa shape index (κ3) is 4.38. The van der Waals surface area contributed by atoms with Gasteiger partial charge in [-0.1, -0.05) is 13.8 Å². The molecule has 0 aliphatic heterocycles. The van der Waals surface area contributed by atoms with E-state index in [1.54, 1.807) is 9.58 Å². The summed E-state index contributed by atoms with van der Waals surface area (Å²) < 4.78 is 1.76. The highest BCUT2D eigenvalue weighted by Crippen LogP contribution is 2.21. The van der Waals surface area contributed by atoms with Crippen LogP contribution < -0.4 is 5.32 Å². The Morgan fingerprint density at radius 2 is 2.08 bits per heavy atom. The molecule has 0 aliphatic carbocycles. The topological polar surface area (TPSA) is 63.1 Å². The number of anilines is 1. The van der Waals surface area contributed by atoms with Crippen molar-refractivity contribution in [2.24, 2.45) is 7.05 Å². The van der Waals surface area contributed by atoms with E-state index in [1.165, 1.54) is 5.56 Å². The fourth-order valence-corrected chi connectivity index (χ4v) is 2.97. The molecule has 2 amide bonds. The second kappa shape index (κ2) is 8.14. The smallest absolute Gasteiger partial charge is 0.323 e. The maximum Gasteiger partial charge on any atom is 0.323 e. The van der Waals surface area contributed by atoms with E-state index < -0.39 is 0 Å². The molecule has 6 heteroatoms. The van der Waals surface area contributed by atoms with Crippen LogP contribution in [-0.4, -0.2) is 38.8 Å². The first-order chi connectivity index (χ1) is 11.9. The lowest BCUT2D eigenvalue weighted by molar-refractivity contribution is 0.207. The number of rotatable bonds is 6. The van der Waals surface area contributed by atoms with Gasteiger partial charge in [-0.25, -0.2) is 4.79 Å². The standard InChI is InChI=1S/C19H29N5O/c1-7-16-17(8-2)22-24(6)18(16)21-19(25)23(5)14(4)12-15-11-13(3)9-10-20-15/h9-11,14H,7-8,12H2,1-6H3,(H,21,25)/t14-/m1/s1. The maximum absolute atomic E-state index is 12.7. The predicted octanol–water partition coefficient (Wildman–Crippen LogP) is 3.34. The zero-order valence-corrected chi connectivity index (χ0v) is 16.1. The quantitative estimate of drug-likeness (QED) is 0.875. The lowest BCUT2D eigenvalue weighted by Gasteiger charge is -2.25. The van der Waals surface area contributed by atoms with Crippen LogP contribution in [0.5, 0.6) is 0 Å². The van der Waals surface area contributed by atoms with Crippen molar-refractivity contribution >= 4 is 11.8 Å². The number of amides is 2. The Hall–Kier alpha value is -2.37. The normalized spacial score (nSPS) is 12.1. The molecule has 1 N–H and O–H groups in total. The van der Waals surface area contributed by atoms with Gasteiger partial charge in [-0.2, -0.15) is 5.10 Å². The lowest BCUT2D eigenvalue weighted by Crippen LogP contribution is -2.40. The average molecular weight is 343 g/mol. The Labute approximate surface area is 150 Å². The zero-order chi connectivity index (χ0) is 18.6. The van der Waals surface area contributed by atoms with Crippen molar-refractivity contribution in [3.8, 4) is 0 Å². The maximum atomic E-state index is 12.7. The molecule has 0 unspecified atom stereocenters. The third-order valence-electron chi connectivity index (χ3n) is 4.60. The average Bonchev–Trinajstić information content (AvgIpc) is 2.89. The van der Waals surface area contributed by atoms with Crippen LogP contribution in [-0.2, 0) is 26.3 Å². The second-order valence-corrected chi connectivity index (χ2v) is 6.52. The van der Waals surface area contributed by atoms with Crippen LogP contribution in [0.4, 0.5) is 10.6 Å². The van der Waals surface area contributed by atoms with Crippen molar-refractivity contribution < 1.29 is 4.79 Å². The minimum atomic E-state index is -0.125. The Kier molecular flexibility index (Phi) is 6.17. The Balaban J connectivity index is 2.08. The molecule has 2 aromatic heterocycles. The largest absolute Gasteiger partial charge is 0.324 e. The van der Waals surface area contributed by atoms with Crippen LogP contribution in [0.2, 0.25) is 0 Å². The number of aryl methyl sites for hydroxylation is 3. The molecule has 136 valence electrons. The number of likely N-dealkylation sites (N-methyl/N-ethyl adjacent to an activating group) is 1. The van der Waals surface area contributed by atoms with Gasteiger partial charge >= 0.3 is 6.03 Å². The predicted molar refractivity (Wildman–Crippen MR) is 101 cm³/mol. The number of urea groups is 1. The van der Waals surface area contributed by atoms with E-state index in [9.17, 15) is 4.79 Å². The van der Waals surface area contributed by atoms with E-state index in [4.69, 9.17) is 0 Å². The first kappa shape index (κ1) is 19.0. The lowest BCUT2D eigenvalue weighted by atomic mass is 10.1. The molecule has 0 bridgehead atoms. The summed E-state index contributed by atoms with van der Waals surface area (Å²) in [4.78, 5) is 18.8. The van der Waals surface area contributed by atoms with Crippen molar-refractivity contribution in [3.05, 3.63) is 40.8 Å². The minimum absolute atomic E-state index is 0.0400. The van der Waals surface area contributed by atoms with Crippen molar-refractivity contribution in [1.29, 1.82) is 0 Å². The summed E-state index contributed by atoms with van der Waals surface area (Å²) in [5, 5.41) is 7.54. The van der Waals surface area contributed by atoms with Crippen LogP contribution in [0.25, 0.3) is 0 Å². The summed E-state index contributed by atoms with van der Waals surface area (Å²) >= 11 is 0. The Bertz CT molecular complexity index is 737. The molecule has 2 heterocycles. The molecule has 0 radical (unpaired) electrons. The summed E-state index contributed by atoms with van der Waals surface area (Å²) in [5.41, 5.74) is 4.33. The van der Waals surface area contributed by atoms with E-state index in [-0.39, 0.29) is 12.1 Å². The molecule has 2 aromatic rings. The van der Waals surface area contributed by atoms with Crippen molar-refractivity contribution in [2.45, 2.75) is 53.0 Å². The first-order valence-corrected chi connectivity index (χ1v) is 8.87. The molecule has 1 atom stereocenters. The number of hydrogen-bond acceptors (Lipinski definition) is 3. The van der Waals surface area contributed by atoms with Crippen molar-refractivity contribution in [1.82, 2.24) is 19.7 Å². The minimum Gasteiger partial charge on any atom is -0.324 e. The third-order valence-corrected chi connectivity index (χ3v) is 4.60. The second-order valence-electron chi connectivity index (χ2n) is 6.52. The summed E-state index contributed by atoms with van der Waals surface area (Å²) in [7, 11) is 3.69. The number of carbonyl (C=O) groups excluding carboxylic acids is 1. The van der Waals surface area contributed by atoms with Gasteiger partial charge in [0.1, 0.15) is 5.82 Å². The highest BCUT2D eigenvalue weighted by molar-refractivity contribution is 5.89. The molecule has 0 aromatic carbocycles. The van der Waals surface area contributed by atoms with Crippen LogP contribution in [0.1, 0.15) is 43.3 Å². The Morgan fingerprint density at radius 3 is 2.68 bits per heavy atom. The highest BCUT2D eigenvalue weighted by Gasteiger charge is 2.21. The molecule has 25 heavy (non-hydrogen) atoms. The number of hydrogen-bond donors (Lipinski definition) is 1. The van der Waals surface area contributed by atoms with Crippen LogP contribution in [0.3, 0.4) is 0 Å². The monoisotopic (exact) mass is 343 g/mol. The van der Waals surface area contributed by atoms with E-state index in [1.807, 2.05) is 40.2 Å². The van der Waals surface area contributed by atoms with Crippen molar-refractivity contribution in [3.63, 3.8) is 0 Å². The fourth-order valence-electron chi connectivity index (χ4n) is 2.97. The number of pyridine rings is 1.